The monoisotopic (exact) mass is 473 g/mol. The highest BCUT2D eigenvalue weighted by Gasteiger charge is 2.29. The number of esters is 1. The average Bonchev–Trinajstić information content (AvgIpc) is 3.32. The van der Waals surface area contributed by atoms with Gasteiger partial charge in [0.1, 0.15) is 23.9 Å². The van der Waals surface area contributed by atoms with Crippen LogP contribution in [0, 0.1) is 5.92 Å². The zero-order valence-corrected chi connectivity index (χ0v) is 19.9. The minimum atomic E-state index is -0.341. The standard InChI is InChI=1S/C24H27N3O3S.ClH/c1-3-30-24(29)22-19-10-9-17(2)13-20(19)31-23(22)25-21(28)15-27-12-11-26(16-27)14-18-7-5-4-6-8-18;/h4-8,11-12,16-17H,3,9-10,13-15H2,1-2H3;1H. The second-order valence-electron chi connectivity index (χ2n) is 8.07. The Morgan fingerprint density at radius 2 is 2.06 bits per heavy atom. The molecule has 1 atom stereocenters. The number of nitrogens with zero attached hydrogens (tertiary/aromatic N) is 2. The number of hydrogen-bond donors (Lipinski definition) is 1. The number of fused-ring (bicyclic) bond motifs is 1. The largest absolute Gasteiger partial charge is 1.00 e. The highest BCUT2D eigenvalue weighted by atomic mass is 35.5. The Hall–Kier alpha value is -2.64. The molecule has 8 heteroatoms. The third-order valence-corrected chi connectivity index (χ3v) is 6.69. The first-order valence-corrected chi connectivity index (χ1v) is 11.6. The van der Waals surface area contributed by atoms with Gasteiger partial charge in [0.25, 0.3) is 5.91 Å². The van der Waals surface area contributed by atoms with Gasteiger partial charge in [-0.3, -0.25) is 4.79 Å². The summed E-state index contributed by atoms with van der Waals surface area (Å²) < 4.78 is 9.17. The van der Waals surface area contributed by atoms with Crippen LogP contribution in [0.25, 0.3) is 0 Å². The van der Waals surface area contributed by atoms with Gasteiger partial charge < -0.3 is 22.5 Å². The molecule has 0 saturated carbocycles. The van der Waals surface area contributed by atoms with Gasteiger partial charge in [-0.25, -0.2) is 13.9 Å². The number of rotatable bonds is 7. The zero-order chi connectivity index (χ0) is 21.8. The second-order valence-corrected chi connectivity index (χ2v) is 9.17. The summed E-state index contributed by atoms with van der Waals surface area (Å²) in [5, 5.41) is 3.60. The van der Waals surface area contributed by atoms with E-state index < -0.39 is 0 Å². The molecule has 0 saturated heterocycles. The summed E-state index contributed by atoms with van der Waals surface area (Å²) in [5.74, 6) is 0.0934. The predicted octanol–water partition coefficient (Wildman–Crippen LogP) is 0.830. The molecule has 6 nitrogen and oxygen atoms in total. The van der Waals surface area contributed by atoms with Crippen molar-refractivity contribution in [1.29, 1.82) is 0 Å². The third-order valence-electron chi connectivity index (χ3n) is 5.52. The molecule has 1 aromatic carbocycles. The van der Waals surface area contributed by atoms with E-state index in [4.69, 9.17) is 4.74 Å². The van der Waals surface area contributed by atoms with Crippen LogP contribution in [0.1, 0.15) is 46.6 Å². The summed E-state index contributed by atoms with van der Waals surface area (Å²) in [6.45, 7) is 5.27. The Balaban J connectivity index is 0.00000289. The lowest BCUT2D eigenvalue weighted by Gasteiger charge is -2.18. The Kier molecular flexibility index (Phi) is 8.10. The highest BCUT2D eigenvalue weighted by molar-refractivity contribution is 7.17. The highest BCUT2D eigenvalue weighted by Crippen LogP contribution is 2.40. The van der Waals surface area contributed by atoms with Crippen molar-refractivity contribution in [3.8, 4) is 0 Å². The van der Waals surface area contributed by atoms with E-state index in [0.717, 1.165) is 31.4 Å². The van der Waals surface area contributed by atoms with E-state index in [1.54, 1.807) is 6.92 Å². The van der Waals surface area contributed by atoms with Gasteiger partial charge in [0.15, 0.2) is 6.54 Å². The van der Waals surface area contributed by atoms with Crippen LogP contribution in [0.15, 0.2) is 49.1 Å². The zero-order valence-electron chi connectivity index (χ0n) is 18.3. The summed E-state index contributed by atoms with van der Waals surface area (Å²) in [6.07, 6.45) is 8.60. The Bertz CT molecular complexity index is 1080. The number of carbonyl (C=O) groups is 2. The number of aromatic nitrogens is 2. The Labute approximate surface area is 198 Å². The molecule has 1 amide bonds. The maximum Gasteiger partial charge on any atom is 0.341 e. The van der Waals surface area contributed by atoms with Crippen molar-refractivity contribution in [1.82, 2.24) is 4.57 Å². The van der Waals surface area contributed by atoms with Crippen LogP contribution in [-0.4, -0.2) is 23.1 Å². The van der Waals surface area contributed by atoms with Crippen LogP contribution < -0.4 is 22.3 Å². The average molecular weight is 474 g/mol. The molecule has 0 spiro atoms. The second kappa shape index (κ2) is 10.8. The number of imidazole rings is 1. The fourth-order valence-corrected chi connectivity index (χ4v) is 5.43. The van der Waals surface area contributed by atoms with Crippen molar-refractivity contribution in [3.05, 3.63) is 70.6 Å². The quantitative estimate of drug-likeness (QED) is 0.408. The van der Waals surface area contributed by atoms with E-state index in [1.165, 1.54) is 21.8 Å². The SMILES string of the molecule is CCOC(=O)c1c(NC(=O)Cn2cc[n+](Cc3ccccc3)c2)sc2c1CCC(C)C2.[Cl-]. The van der Waals surface area contributed by atoms with Gasteiger partial charge in [-0.15, -0.1) is 11.3 Å². The maximum absolute atomic E-state index is 12.8. The number of halogens is 1. The van der Waals surface area contributed by atoms with Crippen LogP contribution in [0.3, 0.4) is 0 Å². The van der Waals surface area contributed by atoms with Gasteiger partial charge in [0, 0.05) is 4.88 Å². The molecule has 1 aliphatic rings. The van der Waals surface area contributed by atoms with Crippen LogP contribution in [0.2, 0.25) is 0 Å². The summed E-state index contributed by atoms with van der Waals surface area (Å²) in [5.41, 5.74) is 2.81. The van der Waals surface area contributed by atoms with Crippen LogP contribution in [-0.2, 0) is 35.5 Å². The molecule has 4 rings (SSSR count). The summed E-state index contributed by atoms with van der Waals surface area (Å²) in [6, 6.07) is 10.2. The molecular weight excluding hydrogens is 446 g/mol. The van der Waals surface area contributed by atoms with Gasteiger partial charge in [-0.1, -0.05) is 37.3 Å². The van der Waals surface area contributed by atoms with Crippen molar-refractivity contribution in [2.75, 3.05) is 11.9 Å². The van der Waals surface area contributed by atoms with Gasteiger partial charge in [-0.2, -0.15) is 0 Å². The maximum atomic E-state index is 12.8. The first-order chi connectivity index (χ1) is 15.0. The molecule has 0 fully saturated rings. The van der Waals surface area contributed by atoms with Gasteiger partial charge in [0.05, 0.1) is 12.2 Å². The topological polar surface area (TPSA) is 64.2 Å². The van der Waals surface area contributed by atoms with Crippen molar-refractivity contribution in [2.45, 2.75) is 46.2 Å². The van der Waals surface area contributed by atoms with E-state index in [0.29, 0.717) is 23.1 Å². The summed E-state index contributed by atoms with van der Waals surface area (Å²) >= 11 is 1.52. The Morgan fingerprint density at radius 3 is 2.81 bits per heavy atom. The minimum absolute atomic E-state index is 0. The van der Waals surface area contributed by atoms with Crippen LogP contribution in [0.4, 0.5) is 5.00 Å². The van der Waals surface area contributed by atoms with Crippen LogP contribution in [0.5, 0.6) is 0 Å². The molecule has 32 heavy (non-hydrogen) atoms. The molecular formula is C24H28ClN3O3S. The van der Waals surface area contributed by atoms with E-state index in [-0.39, 0.29) is 30.8 Å². The number of nitrogens with one attached hydrogen (secondary N) is 1. The normalized spacial score (nSPS) is 14.9. The fraction of sp³-hybridized carbons (Fsp3) is 0.375. The number of amides is 1. The lowest BCUT2D eigenvalue weighted by Crippen LogP contribution is -3.00. The molecule has 3 aromatic rings. The molecule has 1 unspecified atom stereocenters. The number of benzene rings is 1. The van der Waals surface area contributed by atoms with E-state index in [9.17, 15) is 9.59 Å². The van der Waals surface area contributed by atoms with Gasteiger partial charge >= 0.3 is 5.97 Å². The number of ether oxygens (including phenoxy) is 1. The molecule has 1 aliphatic carbocycles. The lowest BCUT2D eigenvalue weighted by atomic mass is 9.88. The first kappa shape index (κ1) is 24.0. The van der Waals surface area contributed by atoms with E-state index in [2.05, 4.69) is 24.4 Å². The molecule has 170 valence electrons. The number of thiophene rings is 1. The third kappa shape index (κ3) is 5.58. The summed E-state index contributed by atoms with van der Waals surface area (Å²) in [7, 11) is 0. The van der Waals surface area contributed by atoms with Crippen molar-refractivity contribution < 1.29 is 31.3 Å². The van der Waals surface area contributed by atoms with E-state index >= 15 is 0 Å². The molecule has 0 radical (unpaired) electrons. The van der Waals surface area contributed by atoms with Gasteiger partial charge in [-0.05, 0) is 43.2 Å². The fourth-order valence-electron chi connectivity index (χ4n) is 4.01. The molecule has 0 aliphatic heterocycles. The molecule has 0 bridgehead atoms. The molecule has 2 aromatic heterocycles. The minimum Gasteiger partial charge on any atom is -1.00 e. The predicted molar refractivity (Wildman–Crippen MR) is 120 cm³/mol. The number of hydrogen-bond acceptors (Lipinski definition) is 4. The first-order valence-electron chi connectivity index (χ1n) is 10.7. The van der Waals surface area contributed by atoms with Crippen molar-refractivity contribution >= 4 is 28.2 Å². The van der Waals surface area contributed by atoms with Crippen molar-refractivity contribution in [2.24, 2.45) is 5.92 Å². The van der Waals surface area contributed by atoms with Crippen LogP contribution >= 0.6 is 11.3 Å². The molecule has 1 N–H and O–H groups in total. The smallest absolute Gasteiger partial charge is 0.341 e. The number of carbonyl (C=O) groups excluding carboxylic acids is 2. The van der Waals surface area contributed by atoms with Crippen molar-refractivity contribution in [3.63, 3.8) is 0 Å². The molecule has 2 heterocycles. The van der Waals surface area contributed by atoms with E-state index in [1.807, 2.05) is 46.1 Å². The Morgan fingerprint density at radius 1 is 1.28 bits per heavy atom. The summed E-state index contributed by atoms with van der Waals surface area (Å²) in [4.78, 5) is 26.6. The number of anilines is 1. The lowest BCUT2D eigenvalue weighted by molar-refractivity contribution is -0.687. The van der Waals surface area contributed by atoms with Gasteiger partial charge in [0.2, 0.25) is 6.33 Å².